The van der Waals surface area contributed by atoms with Gasteiger partial charge in [-0.1, -0.05) is 0 Å². The highest BCUT2D eigenvalue weighted by molar-refractivity contribution is 6.00. The molecule has 0 aliphatic carbocycles. The number of hydrogen-bond acceptors (Lipinski definition) is 7. The second-order valence-electron chi connectivity index (χ2n) is 4.12. The maximum atomic E-state index is 12.0. The Hall–Kier alpha value is -2.84. The number of anilines is 1. The Morgan fingerprint density at radius 3 is 2.68 bits per heavy atom. The fourth-order valence-electron chi connectivity index (χ4n) is 1.47. The number of rotatable bonds is 5. The van der Waals surface area contributed by atoms with Crippen molar-refractivity contribution in [2.45, 2.75) is 19.9 Å². The van der Waals surface area contributed by atoms with E-state index in [1.165, 1.54) is 19.2 Å². The topological polar surface area (TPSA) is 127 Å². The summed E-state index contributed by atoms with van der Waals surface area (Å²) in [5.74, 6) is -1.94. The highest BCUT2D eigenvalue weighted by Gasteiger charge is 2.22. The number of ether oxygens (including phenoxy) is 2. The SMILES string of the molecule is CCOC(=O)C(C)NC(=O)c1nccc(NC(=O)OC)c1O. The summed E-state index contributed by atoms with van der Waals surface area (Å²) in [6.07, 6.45) is 0.405. The number of methoxy groups -OCH3 is 1. The smallest absolute Gasteiger partial charge is 0.411 e. The molecule has 0 aliphatic heterocycles. The van der Waals surface area contributed by atoms with Gasteiger partial charge in [-0.15, -0.1) is 0 Å². The number of esters is 1. The van der Waals surface area contributed by atoms with Crippen LogP contribution in [-0.4, -0.2) is 47.8 Å². The van der Waals surface area contributed by atoms with E-state index in [0.717, 1.165) is 7.11 Å². The van der Waals surface area contributed by atoms with Gasteiger partial charge in [-0.05, 0) is 19.9 Å². The minimum Gasteiger partial charge on any atom is -0.504 e. The van der Waals surface area contributed by atoms with E-state index in [-0.39, 0.29) is 18.0 Å². The van der Waals surface area contributed by atoms with Gasteiger partial charge in [0.15, 0.2) is 11.4 Å². The van der Waals surface area contributed by atoms with Gasteiger partial charge in [0.25, 0.3) is 5.91 Å². The van der Waals surface area contributed by atoms with Gasteiger partial charge >= 0.3 is 12.1 Å². The predicted molar refractivity (Wildman–Crippen MR) is 75.5 cm³/mol. The molecule has 9 nitrogen and oxygen atoms in total. The van der Waals surface area contributed by atoms with E-state index in [1.807, 2.05) is 0 Å². The zero-order valence-corrected chi connectivity index (χ0v) is 12.4. The predicted octanol–water partition coefficient (Wildman–Crippen LogP) is 0.647. The average molecular weight is 311 g/mol. The van der Waals surface area contributed by atoms with Crippen LogP contribution in [0.15, 0.2) is 12.3 Å². The van der Waals surface area contributed by atoms with Crippen molar-refractivity contribution in [1.82, 2.24) is 10.3 Å². The Balaban J connectivity index is 2.88. The Labute approximate surface area is 126 Å². The molecule has 0 saturated heterocycles. The molecule has 3 N–H and O–H groups in total. The highest BCUT2D eigenvalue weighted by atomic mass is 16.5. The first-order chi connectivity index (χ1) is 10.4. The molecule has 1 aromatic rings. The third-order valence-corrected chi connectivity index (χ3v) is 2.55. The Morgan fingerprint density at radius 1 is 1.41 bits per heavy atom. The molecule has 9 heteroatoms. The van der Waals surface area contributed by atoms with Gasteiger partial charge in [0.2, 0.25) is 0 Å². The van der Waals surface area contributed by atoms with Crippen LogP contribution >= 0.6 is 0 Å². The number of pyridine rings is 1. The first kappa shape index (κ1) is 17.2. The van der Waals surface area contributed by atoms with Crippen LogP contribution in [0.4, 0.5) is 10.5 Å². The van der Waals surface area contributed by atoms with Crippen molar-refractivity contribution < 1.29 is 29.0 Å². The molecule has 0 spiro atoms. The third kappa shape index (κ3) is 4.33. The lowest BCUT2D eigenvalue weighted by atomic mass is 10.2. The van der Waals surface area contributed by atoms with Crippen LogP contribution in [0.2, 0.25) is 0 Å². The molecule has 0 aromatic carbocycles. The van der Waals surface area contributed by atoms with Gasteiger partial charge in [0.05, 0.1) is 19.4 Å². The van der Waals surface area contributed by atoms with E-state index < -0.39 is 29.8 Å². The first-order valence-electron chi connectivity index (χ1n) is 6.41. The van der Waals surface area contributed by atoms with Crippen LogP contribution in [0.1, 0.15) is 24.3 Å². The zero-order chi connectivity index (χ0) is 16.7. The molecular weight excluding hydrogens is 294 g/mol. The van der Waals surface area contributed by atoms with Gasteiger partial charge < -0.3 is 19.9 Å². The summed E-state index contributed by atoms with van der Waals surface area (Å²) >= 11 is 0. The number of carbonyl (C=O) groups is 3. The summed E-state index contributed by atoms with van der Waals surface area (Å²) in [4.78, 5) is 38.3. The summed E-state index contributed by atoms with van der Waals surface area (Å²) in [6, 6.07) is 0.378. The van der Waals surface area contributed by atoms with Crippen molar-refractivity contribution in [2.24, 2.45) is 0 Å². The molecule has 1 unspecified atom stereocenters. The first-order valence-corrected chi connectivity index (χ1v) is 6.41. The van der Waals surface area contributed by atoms with Gasteiger partial charge in [-0.2, -0.15) is 0 Å². The molecule has 0 saturated carbocycles. The minimum atomic E-state index is -0.911. The maximum Gasteiger partial charge on any atom is 0.411 e. The third-order valence-electron chi connectivity index (χ3n) is 2.55. The Morgan fingerprint density at radius 2 is 2.09 bits per heavy atom. The lowest BCUT2D eigenvalue weighted by Crippen LogP contribution is -2.40. The van der Waals surface area contributed by atoms with Crippen LogP contribution in [0.3, 0.4) is 0 Å². The van der Waals surface area contributed by atoms with Crippen LogP contribution < -0.4 is 10.6 Å². The number of hydrogen-bond donors (Lipinski definition) is 3. The van der Waals surface area contributed by atoms with Crippen LogP contribution in [-0.2, 0) is 14.3 Å². The van der Waals surface area contributed by atoms with E-state index in [0.29, 0.717) is 0 Å². The van der Waals surface area contributed by atoms with Gasteiger partial charge in [0.1, 0.15) is 6.04 Å². The standard InChI is InChI=1S/C13H17N3O6/c1-4-22-12(19)7(2)15-11(18)9-10(17)8(5-6-14-9)16-13(20)21-3/h5-7,17H,4H2,1-3H3,(H,15,18)(H,14,16,20). The van der Waals surface area contributed by atoms with Crippen LogP contribution in [0.25, 0.3) is 0 Å². The lowest BCUT2D eigenvalue weighted by Gasteiger charge is -2.13. The van der Waals surface area contributed by atoms with Crippen LogP contribution in [0, 0.1) is 0 Å². The van der Waals surface area contributed by atoms with Crippen molar-refractivity contribution in [3.8, 4) is 5.75 Å². The van der Waals surface area contributed by atoms with Crippen molar-refractivity contribution in [2.75, 3.05) is 19.0 Å². The molecule has 120 valence electrons. The fraction of sp³-hybridized carbons (Fsp3) is 0.385. The zero-order valence-electron chi connectivity index (χ0n) is 12.4. The number of aromatic nitrogens is 1. The normalized spacial score (nSPS) is 11.2. The lowest BCUT2D eigenvalue weighted by molar-refractivity contribution is -0.144. The molecule has 1 aromatic heterocycles. The molecule has 1 heterocycles. The quantitative estimate of drug-likeness (QED) is 0.681. The number of aromatic hydroxyl groups is 1. The van der Waals surface area contributed by atoms with Gasteiger partial charge in [0, 0.05) is 6.20 Å². The number of nitrogens with zero attached hydrogens (tertiary/aromatic N) is 1. The van der Waals surface area contributed by atoms with Crippen LogP contribution in [0.5, 0.6) is 5.75 Å². The molecule has 22 heavy (non-hydrogen) atoms. The monoisotopic (exact) mass is 311 g/mol. The van der Waals surface area contributed by atoms with Crippen molar-refractivity contribution in [3.05, 3.63) is 18.0 Å². The Bertz CT molecular complexity index is 575. The second-order valence-corrected chi connectivity index (χ2v) is 4.12. The summed E-state index contributed by atoms with van der Waals surface area (Å²) in [5.41, 5.74) is -0.388. The van der Waals surface area contributed by atoms with Crippen molar-refractivity contribution >= 4 is 23.7 Å². The number of carbonyl (C=O) groups excluding carboxylic acids is 3. The van der Waals surface area contributed by atoms with E-state index in [1.54, 1.807) is 6.92 Å². The molecule has 1 rings (SSSR count). The second kappa shape index (κ2) is 7.81. The van der Waals surface area contributed by atoms with Crippen molar-refractivity contribution in [1.29, 1.82) is 0 Å². The molecular formula is C13H17N3O6. The summed E-state index contributed by atoms with van der Waals surface area (Å²) in [5, 5.41) is 14.5. The van der Waals surface area contributed by atoms with E-state index >= 15 is 0 Å². The largest absolute Gasteiger partial charge is 0.504 e. The molecule has 1 atom stereocenters. The number of amides is 2. The van der Waals surface area contributed by atoms with Gasteiger partial charge in [-0.3, -0.25) is 10.1 Å². The summed E-state index contributed by atoms with van der Waals surface area (Å²) in [7, 11) is 1.15. The molecule has 2 amide bonds. The summed E-state index contributed by atoms with van der Waals surface area (Å²) < 4.78 is 9.14. The highest BCUT2D eigenvalue weighted by Crippen LogP contribution is 2.25. The van der Waals surface area contributed by atoms with E-state index in [4.69, 9.17) is 4.74 Å². The Kier molecular flexibility index (Phi) is 6.11. The molecule has 0 bridgehead atoms. The average Bonchev–Trinajstić information content (AvgIpc) is 2.49. The molecule has 0 aliphatic rings. The van der Waals surface area contributed by atoms with E-state index in [2.05, 4.69) is 20.4 Å². The van der Waals surface area contributed by atoms with Crippen molar-refractivity contribution in [3.63, 3.8) is 0 Å². The molecule has 0 radical (unpaired) electrons. The minimum absolute atomic E-state index is 0.0456. The summed E-state index contributed by atoms with van der Waals surface area (Å²) in [6.45, 7) is 3.26. The van der Waals surface area contributed by atoms with E-state index in [9.17, 15) is 19.5 Å². The number of nitrogens with one attached hydrogen (secondary N) is 2. The maximum absolute atomic E-state index is 12.0. The van der Waals surface area contributed by atoms with Gasteiger partial charge in [-0.25, -0.2) is 14.6 Å². The fourth-order valence-corrected chi connectivity index (χ4v) is 1.47. The molecule has 0 fully saturated rings.